The second-order valence-corrected chi connectivity index (χ2v) is 7.30. The summed E-state index contributed by atoms with van der Waals surface area (Å²) in [6, 6.07) is 2.34. The van der Waals surface area contributed by atoms with Crippen LogP contribution >= 0.6 is 0 Å². The van der Waals surface area contributed by atoms with Crippen LogP contribution in [0, 0.1) is 18.8 Å². The van der Waals surface area contributed by atoms with Crippen molar-refractivity contribution < 1.29 is 19.4 Å². The Balaban J connectivity index is 0.000000758. The van der Waals surface area contributed by atoms with Crippen molar-refractivity contribution >= 4 is 12.4 Å². The molecule has 1 saturated carbocycles. The molecule has 0 spiro atoms. The summed E-state index contributed by atoms with van der Waals surface area (Å²) in [5.74, 6) is 1.26. The number of likely N-dealkylation sites (N-methyl/N-ethyl adjacent to an activating group) is 1. The zero-order valence-electron chi connectivity index (χ0n) is 16.0. The summed E-state index contributed by atoms with van der Waals surface area (Å²) in [5, 5.41) is 6.89. The number of hydrogen-bond donors (Lipinski definition) is 1. The maximum Gasteiger partial charge on any atom is 0.290 e. The highest BCUT2D eigenvalue weighted by atomic mass is 16.5. The van der Waals surface area contributed by atoms with E-state index in [2.05, 4.69) is 24.0 Å². The van der Waals surface area contributed by atoms with Crippen molar-refractivity contribution in [3.63, 3.8) is 0 Å². The van der Waals surface area contributed by atoms with Crippen LogP contribution in [0.3, 0.4) is 0 Å². The number of rotatable bonds is 3. The zero-order valence-corrected chi connectivity index (χ0v) is 16.0. The van der Waals surface area contributed by atoms with Gasteiger partial charge in [0.05, 0.1) is 11.7 Å². The van der Waals surface area contributed by atoms with Gasteiger partial charge in [0.2, 0.25) is 0 Å². The smallest absolute Gasteiger partial charge is 0.290 e. The minimum Gasteiger partial charge on any atom is -0.483 e. The fraction of sp³-hybridized carbons (Fsp3) is 0.632. The number of carbonyl (C=O) groups is 2. The third-order valence-electron chi connectivity index (χ3n) is 5.61. The number of likely N-dealkylation sites (tertiary alicyclic amines) is 1. The Bertz CT molecular complexity index is 623. The summed E-state index contributed by atoms with van der Waals surface area (Å²) in [5.41, 5.74) is 1.74. The average molecular weight is 363 g/mol. The first kappa shape index (κ1) is 20.3. The van der Waals surface area contributed by atoms with Gasteiger partial charge in [-0.2, -0.15) is 0 Å². The van der Waals surface area contributed by atoms with Gasteiger partial charge in [0.25, 0.3) is 12.4 Å². The number of methoxy groups -OCH3 is 1. The predicted molar refractivity (Wildman–Crippen MR) is 98.1 cm³/mol. The summed E-state index contributed by atoms with van der Waals surface area (Å²) in [4.78, 5) is 29.6. The molecule has 1 aromatic heterocycles. The highest BCUT2D eigenvalue weighted by Gasteiger charge is 2.44. The SMILES string of the molecule is CO[C@@H]1C[C@H]2CN(C(=O)c3cnccc3C)C[C@H]2C[C@H]1N(C)C.O=CO. The van der Waals surface area contributed by atoms with Gasteiger partial charge in [-0.05, 0) is 57.3 Å². The van der Waals surface area contributed by atoms with Crippen LogP contribution in [-0.4, -0.2) is 78.7 Å². The molecule has 4 atom stereocenters. The predicted octanol–water partition coefficient (Wildman–Crippen LogP) is 1.52. The summed E-state index contributed by atoms with van der Waals surface area (Å²) < 4.78 is 5.72. The maximum atomic E-state index is 12.8. The molecule has 1 amide bonds. The van der Waals surface area contributed by atoms with Gasteiger partial charge in [0, 0.05) is 38.6 Å². The Kier molecular flexibility index (Phi) is 7.11. The van der Waals surface area contributed by atoms with Crippen molar-refractivity contribution in [3.8, 4) is 0 Å². The van der Waals surface area contributed by atoms with E-state index in [0.717, 1.165) is 37.1 Å². The molecule has 26 heavy (non-hydrogen) atoms. The molecule has 1 aliphatic heterocycles. The molecule has 7 nitrogen and oxygen atoms in total. The number of aryl methyl sites for hydroxylation is 1. The van der Waals surface area contributed by atoms with Crippen LogP contribution in [0.4, 0.5) is 0 Å². The minimum absolute atomic E-state index is 0.125. The largest absolute Gasteiger partial charge is 0.483 e. The van der Waals surface area contributed by atoms with Crippen LogP contribution in [0.25, 0.3) is 0 Å². The Morgan fingerprint density at radius 3 is 2.50 bits per heavy atom. The van der Waals surface area contributed by atoms with Crippen molar-refractivity contribution in [2.45, 2.75) is 31.9 Å². The van der Waals surface area contributed by atoms with Crippen molar-refractivity contribution in [2.24, 2.45) is 11.8 Å². The zero-order chi connectivity index (χ0) is 19.3. The van der Waals surface area contributed by atoms with Gasteiger partial charge in [-0.15, -0.1) is 0 Å². The Hall–Kier alpha value is -1.99. The molecule has 7 heteroatoms. The average Bonchev–Trinajstić information content (AvgIpc) is 3.04. The molecule has 0 aromatic carbocycles. The lowest BCUT2D eigenvalue weighted by Gasteiger charge is -2.40. The van der Waals surface area contributed by atoms with Gasteiger partial charge >= 0.3 is 0 Å². The van der Waals surface area contributed by atoms with Gasteiger partial charge in [0.1, 0.15) is 0 Å². The molecule has 0 radical (unpaired) electrons. The Labute approximate surface area is 155 Å². The van der Waals surface area contributed by atoms with Gasteiger partial charge < -0.3 is 19.6 Å². The normalized spacial score (nSPS) is 27.5. The first-order valence-corrected chi connectivity index (χ1v) is 8.89. The fourth-order valence-corrected chi connectivity index (χ4v) is 4.21. The molecule has 0 bridgehead atoms. The second-order valence-electron chi connectivity index (χ2n) is 7.30. The first-order chi connectivity index (χ1) is 12.4. The van der Waals surface area contributed by atoms with E-state index < -0.39 is 0 Å². The molecule has 1 N–H and O–H groups in total. The molecule has 2 fully saturated rings. The van der Waals surface area contributed by atoms with E-state index in [1.807, 2.05) is 17.9 Å². The molecule has 2 heterocycles. The van der Waals surface area contributed by atoms with Gasteiger partial charge in [-0.1, -0.05) is 0 Å². The lowest BCUT2D eigenvalue weighted by atomic mass is 9.77. The summed E-state index contributed by atoms with van der Waals surface area (Å²) >= 11 is 0. The van der Waals surface area contributed by atoms with Crippen molar-refractivity contribution in [1.29, 1.82) is 0 Å². The molecular formula is C19H29N3O4. The maximum absolute atomic E-state index is 12.8. The highest BCUT2D eigenvalue weighted by Crippen LogP contribution is 2.39. The summed E-state index contributed by atoms with van der Waals surface area (Å²) in [7, 11) is 6.04. The number of amides is 1. The molecule has 0 unspecified atom stereocenters. The number of hydrogen-bond acceptors (Lipinski definition) is 5. The fourth-order valence-electron chi connectivity index (χ4n) is 4.21. The molecule has 3 rings (SSSR count). The van der Waals surface area contributed by atoms with Crippen LogP contribution in [-0.2, 0) is 9.53 Å². The van der Waals surface area contributed by atoms with Crippen LogP contribution in [0.15, 0.2) is 18.5 Å². The van der Waals surface area contributed by atoms with Crippen molar-refractivity contribution in [3.05, 3.63) is 29.6 Å². The van der Waals surface area contributed by atoms with E-state index in [-0.39, 0.29) is 18.5 Å². The summed E-state index contributed by atoms with van der Waals surface area (Å²) in [6.07, 6.45) is 5.84. The number of carbonyl (C=O) groups excluding carboxylic acids is 1. The molecule has 1 aliphatic carbocycles. The van der Waals surface area contributed by atoms with E-state index in [1.165, 1.54) is 0 Å². The first-order valence-electron chi connectivity index (χ1n) is 8.89. The number of ether oxygens (including phenoxy) is 1. The second kappa shape index (κ2) is 9.09. The van der Waals surface area contributed by atoms with Crippen LogP contribution in [0.5, 0.6) is 0 Å². The van der Waals surface area contributed by atoms with E-state index in [0.29, 0.717) is 17.9 Å². The van der Waals surface area contributed by atoms with Crippen molar-refractivity contribution in [2.75, 3.05) is 34.3 Å². The number of fused-ring (bicyclic) bond motifs is 1. The molecule has 2 aliphatic rings. The van der Waals surface area contributed by atoms with Gasteiger partial charge in [0.15, 0.2) is 0 Å². The standard InChI is InChI=1S/C18H27N3O2.CH2O2/c1-12-5-6-19-9-15(12)18(22)21-10-13-7-16(20(2)3)17(23-4)8-14(13)11-21;2-1-3/h5-6,9,13-14,16-17H,7-8,10-11H2,1-4H3;1H,(H,2,3)/t13-,14+,16-,17-;/m1./s1. The molecule has 144 valence electrons. The molecule has 1 aromatic rings. The van der Waals surface area contributed by atoms with E-state index in [4.69, 9.17) is 14.6 Å². The Morgan fingerprint density at radius 2 is 1.96 bits per heavy atom. The monoisotopic (exact) mass is 363 g/mol. The highest BCUT2D eigenvalue weighted by molar-refractivity contribution is 5.95. The quantitative estimate of drug-likeness (QED) is 0.820. The number of aromatic nitrogens is 1. The van der Waals surface area contributed by atoms with E-state index in [1.54, 1.807) is 19.5 Å². The van der Waals surface area contributed by atoms with Crippen LogP contribution in [0.1, 0.15) is 28.8 Å². The van der Waals surface area contributed by atoms with Crippen molar-refractivity contribution in [1.82, 2.24) is 14.8 Å². The Morgan fingerprint density at radius 1 is 1.35 bits per heavy atom. The lowest BCUT2D eigenvalue weighted by molar-refractivity contribution is -0.122. The van der Waals surface area contributed by atoms with Crippen LogP contribution < -0.4 is 0 Å². The minimum atomic E-state index is -0.250. The third-order valence-corrected chi connectivity index (χ3v) is 5.61. The third kappa shape index (κ3) is 4.40. The molecular weight excluding hydrogens is 334 g/mol. The number of nitrogens with zero attached hydrogens (tertiary/aromatic N) is 3. The van der Waals surface area contributed by atoms with Gasteiger partial charge in [-0.3, -0.25) is 14.6 Å². The van der Waals surface area contributed by atoms with E-state index >= 15 is 0 Å². The van der Waals surface area contributed by atoms with E-state index in [9.17, 15) is 4.79 Å². The number of pyridine rings is 1. The number of carboxylic acid groups (broad SMARTS) is 1. The molecule has 1 saturated heterocycles. The van der Waals surface area contributed by atoms with Crippen LogP contribution in [0.2, 0.25) is 0 Å². The summed E-state index contributed by atoms with van der Waals surface area (Å²) in [6.45, 7) is 3.43. The lowest BCUT2D eigenvalue weighted by Crippen LogP contribution is -2.47. The topological polar surface area (TPSA) is 83.0 Å². The van der Waals surface area contributed by atoms with Gasteiger partial charge in [-0.25, -0.2) is 0 Å².